The lowest BCUT2D eigenvalue weighted by molar-refractivity contribution is -0.136. The smallest absolute Gasteiger partial charge is 0.281 e. The van der Waals surface area contributed by atoms with Crippen molar-refractivity contribution in [3.05, 3.63) is 52.9 Å². The van der Waals surface area contributed by atoms with Crippen LogP contribution in [0.4, 0.5) is 11.6 Å². The third-order valence-electron chi connectivity index (χ3n) is 11.5. The molecular weight excluding hydrogens is 734 g/mol. The lowest BCUT2D eigenvalue weighted by atomic mass is 9.97. The number of hydrogen-bond donors (Lipinski definition) is 2. The SMILES string of the molecule is Cn1cc(-c2nc(NC3CCN(S(=O)(=O)N4CCC(CN5CCN(c6ccc7c(c6)CN(C6CCC(=O)NC6=O)C7=O)CC5)CC4)CC3)ncc2Cl)cn1. The molecule has 3 aromatic rings. The molecule has 5 aliphatic rings. The number of piperidine rings is 3. The maximum atomic E-state index is 13.6. The number of anilines is 2. The van der Waals surface area contributed by atoms with Crippen LogP contribution in [0, 0.1) is 5.92 Å². The molecule has 16 nitrogen and oxygen atoms in total. The van der Waals surface area contributed by atoms with Crippen LogP contribution in [0.3, 0.4) is 0 Å². The van der Waals surface area contributed by atoms with Crippen LogP contribution in [0.1, 0.15) is 54.4 Å². The van der Waals surface area contributed by atoms with Crippen molar-refractivity contribution >= 4 is 51.2 Å². The van der Waals surface area contributed by atoms with Crippen molar-refractivity contribution in [2.75, 3.05) is 69.1 Å². The van der Waals surface area contributed by atoms with Gasteiger partial charge in [-0.05, 0) is 61.8 Å². The first-order valence-corrected chi connectivity index (χ1v) is 20.6. The maximum Gasteiger partial charge on any atom is 0.281 e. The zero-order chi connectivity index (χ0) is 37.6. The maximum absolute atomic E-state index is 13.6. The van der Waals surface area contributed by atoms with Gasteiger partial charge >= 0.3 is 0 Å². The van der Waals surface area contributed by atoms with Gasteiger partial charge in [-0.15, -0.1) is 0 Å². The fourth-order valence-corrected chi connectivity index (χ4v) is 10.3. The second kappa shape index (κ2) is 15.2. The molecular formula is C36H46ClN11O5S. The van der Waals surface area contributed by atoms with E-state index in [0.29, 0.717) is 80.1 Å². The number of imide groups is 1. The summed E-state index contributed by atoms with van der Waals surface area (Å²) in [6, 6.07) is 5.35. The number of rotatable bonds is 9. The molecule has 0 aliphatic carbocycles. The first-order valence-electron chi connectivity index (χ1n) is 18.8. The Bertz CT molecular complexity index is 2020. The number of halogens is 1. The Balaban J connectivity index is 0.773. The summed E-state index contributed by atoms with van der Waals surface area (Å²) in [6.45, 7) is 6.79. The molecule has 4 fully saturated rings. The van der Waals surface area contributed by atoms with Crippen molar-refractivity contribution < 1.29 is 22.8 Å². The van der Waals surface area contributed by atoms with Crippen molar-refractivity contribution in [2.24, 2.45) is 13.0 Å². The lowest BCUT2D eigenvalue weighted by Crippen LogP contribution is -2.52. The molecule has 18 heteroatoms. The van der Waals surface area contributed by atoms with Gasteiger partial charge in [0.1, 0.15) is 6.04 Å². The summed E-state index contributed by atoms with van der Waals surface area (Å²) in [7, 11) is -1.71. The van der Waals surface area contributed by atoms with Crippen LogP contribution in [-0.4, -0.2) is 135 Å². The normalized spacial score (nSPS) is 22.9. The van der Waals surface area contributed by atoms with Gasteiger partial charge in [0.15, 0.2) is 0 Å². The number of nitrogens with one attached hydrogen (secondary N) is 2. The van der Waals surface area contributed by atoms with Crippen molar-refractivity contribution in [3.63, 3.8) is 0 Å². The van der Waals surface area contributed by atoms with Crippen LogP contribution in [0.25, 0.3) is 11.3 Å². The van der Waals surface area contributed by atoms with Gasteiger partial charge in [-0.1, -0.05) is 11.6 Å². The van der Waals surface area contributed by atoms with Gasteiger partial charge in [0.05, 0.1) is 23.1 Å². The highest BCUT2D eigenvalue weighted by atomic mass is 35.5. The quantitative estimate of drug-likeness (QED) is 0.305. The first-order chi connectivity index (χ1) is 26.0. The van der Waals surface area contributed by atoms with Gasteiger partial charge in [-0.2, -0.15) is 22.1 Å². The molecule has 7 heterocycles. The minimum absolute atomic E-state index is 0.0489. The predicted molar refractivity (Wildman–Crippen MR) is 202 cm³/mol. The van der Waals surface area contributed by atoms with Gasteiger partial charge in [-0.3, -0.25) is 29.3 Å². The van der Waals surface area contributed by atoms with E-state index in [1.54, 1.807) is 30.6 Å². The van der Waals surface area contributed by atoms with E-state index in [-0.39, 0.29) is 24.3 Å². The number of nitrogens with zero attached hydrogens (tertiary/aromatic N) is 9. The number of hydrogen-bond acceptors (Lipinski definition) is 11. The van der Waals surface area contributed by atoms with Gasteiger partial charge in [0.2, 0.25) is 17.8 Å². The van der Waals surface area contributed by atoms with Gasteiger partial charge in [0.25, 0.3) is 16.1 Å². The second-order valence-electron chi connectivity index (χ2n) is 15.0. The molecule has 0 bridgehead atoms. The third-order valence-corrected chi connectivity index (χ3v) is 13.8. The van der Waals surface area contributed by atoms with Crippen LogP contribution < -0.4 is 15.5 Å². The summed E-state index contributed by atoms with van der Waals surface area (Å²) >= 11 is 6.36. The highest BCUT2D eigenvalue weighted by Gasteiger charge is 2.40. The standard InChI is InChI=1S/C36H46ClN11O5S/c1-43-22-26(19-39-43)33-30(37)20-38-36(42-33)40-27-8-12-47(13-9-27)54(52,53)46-10-6-24(7-11-46)21-44-14-16-45(17-15-44)28-2-3-29-25(18-28)23-48(35(29)51)31-4-5-32(49)41-34(31)50/h2-3,18-20,22,24,27,31H,4-17,21,23H2,1H3,(H,38,40,42)(H,41,49,50). The third kappa shape index (κ3) is 7.56. The molecule has 1 unspecified atom stereocenters. The number of carbonyl (C=O) groups is 3. The highest BCUT2D eigenvalue weighted by Crippen LogP contribution is 2.32. The van der Waals surface area contributed by atoms with Crippen LogP contribution in [0.5, 0.6) is 0 Å². The average Bonchev–Trinajstić information content (AvgIpc) is 3.75. The molecule has 4 saturated heterocycles. The monoisotopic (exact) mass is 779 g/mol. The molecule has 1 atom stereocenters. The van der Waals surface area contributed by atoms with Crippen molar-refractivity contribution in [1.82, 2.24) is 43.5 Å². The zero-order valence-electron chi connectivity index (χ0n) is 30.4. The Morgan fingerprint density at radius 2 is 1.65 bits per heavy atom. The van der Waals surface area contributed by atoms with E-state index in [1.807, 2.05) is 25.4 Å². The lowest BCUT2D eigenvalue weighted by Gasteiger charge is -2.40. The van der Waals surface area contributed by atoms with Crippen molar-refractivity contribution in [1.29, 1.82) is 0 Å². The minimum Gasteiger partial charge on any atom is -0.369 e. The number of fused-ring (bicyclic) bond motifs is 1. The molecule has 288 valence electrons. The summed E-state index contributed by atoms with van der Waals surface area (Å²) in [4.78, 5) is 52.5. The minimum atomic E-state index is -3.54. The Kier molecular flexibility index (Phi) is 10.3. The fraction of sp³-hybridized carbons (Fsp3) is 0.556. The summed E-state index contributed by atoms with van der Waals surface area (Å²) in [5.41, 5.74) is 4.01. The molecule has 54 heavy (non-hydrogen) atoms. The van der Waals surface area contributed by atoms with E-state index in [1.165, 1.54) is 0 Å². The topological polar surface area (TPSA) is 169 Å². The molecule has 0 spiro atoms. The number of benzene rings is 1. The van der Waals surface area contributed by atoms with E-state index in [4.69, 9.17) is 11.6 Å². The summed E-state index contributed by atoms with van der Waals surface area (Å²) in [5, 5.41) is 10.4. The van der Waals surface area contributed by atoms with Crippen molar-refractivity contribution in [3.8, 4) is 11.3 Å². The Morgan fingerprint density at radius 3 is 2.33 bits per heavy atom. The molecule has 1 aromatic carbocycles. The number of aromatic nitrogens is 4. The molecule has 0 radical (unpaired) electrons. The molecule has 8 rings (SSSR count). The van der Waals surface area contributed by atoms with Crippen molar-refractivity contribution in [2.45, 2.75) is 57.2 Å². The van der Waals surface area contributed by atoms with E-state index in [2.05, 4.69) is 41.6 Å². The second-order valence-corrected chi connectivity index (χ2v) is 17.3. The average molecular weight is 780 g/mol. The molecule has 3 amide bonds. The summed E-state index contributed by atoms with van der Waals surface area (Å²) in [6.07, 6.45) is 8.70. The van der Waals surface area contributed by atoms with Gasteiger partial charge in [-0.25, -0.2) is 9.97 Å². The number of aryl methyl sites for hydroxylation is 1. The van der Waals surface area contributed by atoms with Gasteiger partial charge in [0, 0.05) is 108 Å². The number of piperazine rings is 1. The molecule has 5 aliphatic heterocycles. The predicted octanol–water partition coefficient (Wildman–Crippen LogP) is 1.95. The van der Waals surface area contributed by atoms with E-state index >= 15 is 0 Å². The Hall–Kier alpha value is -4.16. The largest absolute Gasteiger partial charge is 0.369 e. The highest BCUT2D eigenvalue weighted by molar-refractivity contribution is 7.86. The molecule has 2 aromatic heterocycles. The molecule has 0 saturated carbocycles. The summed E-state index contributed by atoms with van der Waals surface area (Å²) in [5.74, 6) is 0.0559. The summed E-state index contributed by atoms with van der Waals surface area (Å²) < 4.78 is 32.3. The van der Waals surface area contributed by atoms with Crippen LogP contribution in [0.2, 0.25) is 5.02 Å². The number of amides is 3. The van der Waals surface area contributed by atoms with Crippen LogP contribution in [0.15, 0.2) is 36.8 Å². The van der Waals surface area contributed by atoms with E-state index in [9.17, 15) is 22.8 Å². The van der Waals surface area contributed by atoms with E-state index < -0.39 is 22.2 Å². The Labute approximate surface area is 320 Å². The fourth-order valence-electron chi connectivity index (χ4n) is 8.39. The van der Waals surface area contributed by atoms with Crippen LogP contribution in [-0.2, 0) is 33.4 Å². The number of carbonyl (C=O) groups excluding carboxylic acids is 3. The zero-order valence-corrected chi connectivity index (χ0v) is 31.9. The van der Waals surface area contributed by atoms with E-state index in [0.717, 1.165) is 62.4 Å². The van der Waals surface area contributed by atoms with Gasteiger partial charge < -0.3 is 15.1 Å². The van der Waals surface area contributed by atoms with Crippen LogP contribution >= 0.6 is 11.6 Å². The Morgan fingerprint density at radius 1 is 0.926 bits per heavy atom. The first kappa shape index (κ1) is 36.8. The molecule has 2 N–H and O–H groups in total.